The van der Waals surface area contributed by atoms with Crippen LogP contribution < -0.4 is 5.73 Å². The molecule has 0 aliphatic carbocycles. The van der Waals surface area contributed by atoms with E-state index in [0.717, 1.165) is 0 Å². The summed E-state index contributed by atoms with van der Waals surface area (Å²) in [6.45, 7) is 0. The van der Waals surface area contributed by atoms with Crippen molar-refractivity contribution < 1.29 is 35.8 Å². The van der Waals surface area contributed by atoms with Crippen molar-refractivity contribution >= 4 is 11.9 Å². The second-order valence-corrected chi connectivity index (χ2v) is 0.669. The van der Waals surface area contributed by atoms with E-state index < -0.39 is 11.9 Å². The standard InChI is InChI=1S/C2H3NO3.Pt/c3-1(4)2(5)6;/h(H2,3,4)(H,5,6);. The van der Waals surface area contributed by atoms with Gasteiger partial charge in [-0.3, -0.25) is 4.79 Å². The number of carboxylic acids is 1. The Morgan fingerprint density at radius 2 is 1.57 bits per heavy atom. The maximum absolute atomic E-state index is 9.32. The molecule has 0 aliphatic rings. The van der Waals surface area contributed by atoms with Gasteiger partial charge in [-0.25, -0.2) is 4.79 Å². The van der Waals surface area contributed by atoms with Crippen LogP contribution in [0.4, 0.5) is 0 Å². The zero-order valence-corrected chi connectivity index (χ0v) is 5.43. The second kappa shape index (κ2) is 3.81. The zero-order chi connectivity index (χ0) is 5.15. The van der Waals surface area contributed by atoms with Crippen LogP contribution in [0.15, 0.2) is 0 Å². The van der Waals surface area contributed by atoms with Crippen molar-refractivity contribution in [1.82, 2.24) is 0 Å². The van der Waals surface area contributed by atoms with Gasteiger partial charge in [-0.1, -0.05) is 0 Å². The molecule has 5 heteroatoms. The molecule has 0 aromatic rings. The van der Waals surface area contributed by atoms with Crippen LogP contribution in [0.2, 0.25) is 0 Å². The molecule has 0 aromatic carbocycles. The summed E-state index contributed by atoms with van der Waals surface area (Å²) >= 11 is 0. The van der Waals surface area contributed by atoms with Crippen molar-refractivity contribution in [1.29, 1.82) is 0 Å². The summed E-state index contributed by atoms with van der Waals surface area (Å²) in [6.07, 6.45) is 0. The molecule has 0 radical (unpaired) electrons. The minimum absolute atomic E-state index is 0. The summed E-state index contributed by atoms with van der Waals surface area (Å²) in [7, 11) is 0. The molecule has 0 rings (SSSR count). The number of carbonyl (C=O) groups excluding carboxylic acids is 1. The van der Waals surface area contributed by atoms with Gasteiger partial charge in [0.15, 0.2) is 0 Å². The Hall–Kier alpha value is -0.372. The normalized spacial score (nSPS) is 6.29. The number of amides is 1. The van der Waals surface area contributed by atoms with Crippen LogP contribution in [0, 0.1) is 0 Å². The fraction of sp³-hybridized carbons (Fsp3) is 0. The zero-order valence-electron chi connectivity index (χ0n) is 3.16. The molecule has 0 unspecified atom stereocenters. The molecule has 0 spiro atoms. The minimum Gasteiger partial charge on any atom is -0.474 e. The van der Waals surface area contributed by atoms with Crippen molar-refractivity contribution in [2.24, 2.45) is 5.73 Å². The van der Waals surface area contributed by atoms with Crippen LogP contribution in [-0.4, -0.2) is 17.0 Å². The maximum Gasteiger partial charge on any atom is 0.394 e. The van der Waals surface area contributed by atoms with E-state index in [1.165, 1.54) is 0 Å². The molecule has 44 valence electrons. The Balaban J connectivity index is 0. The first-order chi connectivity index (χ1) is 2.64. The topological polar surface area (TPSA) is 80.4 Å². The molecular formula is C2H3NO3Pt. The molecule has 0 bridgehead atoms. The van der Waals surface area contributed by atoms with Crippen LogP contribution in [0.25, 0.3) is 0 Å². The van der Waals surface area contributed by atoms with E-state index in [0.29, 0.717) is 0 Å². The maximum atomic E-state index is 9.32. The third-order valence-corrected chi connectivity index (χ3v) is 0.211. The van der Waals surface area contributed by atoms with Gasteiger partial charge in [-0.05, 0) is 0 Å². The first-order valence-electron chi connectivity index (χ1n) is 1.17. The molecule has 0 aromatic heterocycles. The van der Waals surface area contributed by atoms with E-state index in [4.69, 9.17) is 5.11 Å². The van der Waals surface area contributed by atoms with E-state index in [1.807, 2.05) is 0 Å². The molecule has 0 saturated heterocycles. The van der Waals surface area contributed by atoms with Crippen LogP contribution in [0.1, 0.15) is 0 Å². The number of carboxylic acid groups (broad SMARTS) is 1. The average Bonchev–Trinajstić information content (AvgIpc) is 1.36. The Morgan fingerprint density at radius 1 is 1.43 bits per heavy atom. The molecule has 0 aliphatic heterocycles. The molecule has 3 N–H and O–H groups in total. The number of nitrogens with two attached hydrogens (primary N) is 1. The Labute approximate surface area is 53.9 Å². The molecule has 0 atom stereocenters. The number of hydrogen-bond donors (Lipinski definition) is 2. The van der Waals surface area contributed by atoms with Gasteiger partial charge >= 0.3 is 11.9 Å². The van der Waals surface area contributed by atoms with Crippen molar-refractivity contribution in [3.05, 3.63) is 0 Å². The Morgan fingerprint density at radius 3 is 1.57 bits per heavy atom. The number of hydrogen-bond acceptors (Lipinski definition) is 2. The summed E-state index contributed by atoms with van der Waals surface area (Å²) in [5, 5.41) is 7.52. The summed E-state index contributed by atoms with van der Waals surface area (Å²) in [5.74, 6) is -2.93. The van der Waals surface area contributed by atoms with Gasteiger partial charge < -0.3 is 10.8 Å². The summed E-state index contributed by atoms with van der Waals surface area (Å²) < 4.78 is 0. The SMILES string of the molecule is NC(=O)C(=O)O.[Pt]. The third kappa shape index (κ3) is 5.63. The predicted octanol–water partition coefficient (Wildman–Crippen LogP) is -1.45. The number of carbonyl (C=O) groups is 2. The molecule has 0 fully saturated rings. The van der Waals surface area contributed by atoms with Crippen LogP contribution in [-0.2, 0) is 30.7 Å². The van der Waals surface area contributed by atoms with Crippen molar-refractivity contribution in [2.45, 2.75) is 0 Å². The first kappa shape index (κ1) is 9.80. The number of aliphatic carboxylic acids is 1. The molecule has 7 heavy (non-hydrogen) atoms. The fourth-order valence-electron chi connectivity index (χ4n) is 0. The smallest absolute Gasteiger partial charge is 0.394 e. The number of rotatable bonds is 0. The van der Waals surface area contributed by atoms with Crippen molar-refractivity contribution in [2.75, 3.05) is 0 Å². The van der Waals surface area contributed by atoms with E-state index in [-0.39, 0.29) is 21.1 Å². The van der Waals surface area contributed by atoms with Gasteiger partial charge in [0.05, 0.1) is 0 Å². The Bertz CT molecular complexity index is 78.9. The van der Waals surface area contributed by atoms with Crippen molar-refractivity contribution in [3.63, 3.8) is 0 Å². The van der Waals surface area contributed by atoms with Gasteiger partial charge in [-0.15, -0.1) is 0 Å². The third-order valence-electron chi connectivity index (χ3n) is 0.211. The summed E-state index contributed by atoms with van der Waals surface area (Å²) in [4.78, 5) is 18.5. The van der Waals surface area contributed by atoms with Gasteiger partial charge in [-0.2, -0.15) is 0 Å². The van der Waals surface area contributed by atoms with Crippen LogP contribution in [0.5, 0.6) is 0 Å². The van der Waals surface area contributed by atoms with Gasteiger partial charge in [0.2, 0.25) is 0 Å². The molecular weight excluding hydrogens is 281 g/mol. The van der Waals surface area contributed by atoms with E-state index in [2.05, 4.69) is 5.73 Å². The predicted molar refractivity (Wildman–Crippen MR) is 16.8 cm³/mol. The average molecular weight is 284 g/mol. The summed E-state index contributed by atoms with van der Waals surface area (Å²) in [6, 6.07) is 0. The number of primary amides is 1. The first-order valence-corrected chi connectivity index (χ1v) is 1.17. The van der Waals surface area contributed by atoms with Crippen LogP contribution in [0.3, 0.4) is 0 Å². The molecule has 1 amide bonds. The van der Waals surface area contributed by atoms with E-state index in [1.54, 1.807) is 0 Å². The van der Waals surface area contributed by atoms with Gasteiger partial charge in [0.1, 0.15) is 0 Å². The van der Waals surface area contributed by atoms with Gasteiger partial charge in [0, 0.05) is 21.1 Å². The van der Waals surface area contributed by atoms with Crippen LogP contribution >= 0.6 is 0 Å². The van der Waals surface area contributed by atoms with E-state index >= 15 is 0 Å². The van der Waals surface area contributed by atoms with Gasteiger partial charge in [0.25, 0.3) is 0 Å². The monoisotopic (exact) mass is 284 g/mol. The minimum atomic E-state index is -1.60. The second-order valence-electron chi connectivity index (χ2n) is 0.669. The quantitative estimate of drug-likeness (QED) is 0.534. The largest absolute Gasteiger partial charge is 0.474 e. The van der Waals surface area contributed by atoms with E-state index in [9.17, 15) is 9.59 Å². The summed E-state index contributed by atoms with van der Waals surface area (Å²) in [5.41, 5.74) is 4.20. The fourth-order valence-corrected chi connectivity index (χ4v) is 0. The molecule has 4 nitrogen and oxygen atoms in total. The van der Waals surface area contributed by atoms with Crippen molar-refractivity contribution in [3.8, 4) is 0 Å². The molecule has 0 saturated carbocycles. The molecule has 0 heterocycles. The Kier molecular flexibility index (Phi) is 5.33.